The summed E-state index contributed by atoms with van der Waals surface area (Å²) in [6.45, 7) is 4.68. The molecule has 0 heterocycles. The first kappa shape index (κ1) is 9.66. The molecule has 0 aromatic heterocycles. The van der Waals surface area contributed by atoms with Gasteiger partial charge in [0.25, 0.3) is 0 Å². The first-order valence-corrected chi connectivity index (χ1v) is 5.54. The van der Waals surface area contributed by atoms with Crippen LogP contribution < -0.4 is 0 Å². The molecule has 0 bridgehead atoms. The number of rotatable bonds is 5. The predicted octanol–water partition coefficient (Wildman–Crippen LogP) is 2.16. The molecule has 0 aromatic rings. The van der Waals surface area contributed by atoms with Crippen molar-refractivity contribution in [1.29, 1.82) is 0 Å². The maximum absolute atomic E-state index is 8.41. The van der Waals surface area contributed by atoms with Crippen LogP contribution in [0.2, 0.25) is 0 Å². The van der Waals surface area contributed by atoms with Gasteiger partial charge in [-0.25, -0.2) is 0 Å². The molecule has 0 aromatic carbocycles. The SMILES string of the molecule is CC(C)SSCCCO. The molecule has 1 nitrogen and oxygen atoms in total. The first-order chi connectivity index (χ1) is 4.27. The van der Waals surface area contributed by atoms with Gasteiger partial charge in [0.05, 0.1) is 0 Å². The first-order valence-electron chi connectivity index (χ1n) is 3.16. The third-order valence-corrected chi connectivity index (χ3v) is 3.69. The van der Waals surface area contributed by atoms with Crippen molar-refractivity contribution < 1.29 is 5.11 Å². The van der Waals surface area contributed by atoms with E-state index < -0.39 is 0 Å². The molecule has 0 aliphatic carbocycles. The molecule has 0 radical (unpaired) electrons. The fourth-order valence-electron chi connectivity index (χ4n) is 0.308. The largest absolute Gasteiger partial charge is 0.396 e. The van der Waals surface area contributed by atoms with Gasteiger partial charge >= 0.3 is 0 Å². The molecule has 3 heteroatoms. The summed E-state index contributed by atoms with van der Waals surface area (Å²) in [7, 11) is 3.72. The van der Waals surface area contributed by atoms with Gasteiger partial charge in [-0.3, -0.25) is 0 Å². The van der Waals surface area contributed by atoms with Gasteiger partial charge in [-0.1, -0.05) is 35.4 Å². The fraction of sp³-hybridized carbons (Fsp3) is 1.00. The van der Waals surface area contributed by atoms with Crippen molar-refractivity contribution in [1.82, 2.24) is 0 Å². The lowest BCUT2D eigenvalue weighted by molar-refractivity contribution is 0.296. The molecule has 0 unspecified atom stereocenters. The third kappa shape index (κ3) is 8.66. The minimum absolute atomic E-state index is 0.325. The van der Waals surface area contributed by atoms with Crippen LogP contribution in [0, 0.1) is 0 Å². The summed E-state index contributed by atoms with van der Waals surface area (Å²) in [5.41, 5.74) is 0. The Labute approximate surface area is 65.0 Å². The van der Waals surface area contributed by atoms with Gasteiger partial charge in [0.15, 0.2) is 0 Å². The molecule has 0 aliphatic rings. The zero-order valence-corrected chi connectivity index (χ0v) is 7.60. The maximum Gasteiger partial charge on any atom is 0.0439 e. The zero-order chi connectivity index (χ0) is 7.11. The Bertz CT molecular complexity index is 57.0. The van der Waals surface area contributed by atoms with Crippen molar-refractivity contribution in [3.63, 3.8) is 0 Å². The molecule has 0 saturated heterocycles. The van der Waals surface area contributed by atoms with Crippen molar-refractivity contribution in [2.24, 2.45) is 0 Å². The van der Waals surface area contributed by atoms with E-state index in [0.717, 1.165) is 12.2 Å². The van der Waals surface area contributed by atoms with E-state index in [0.29, 0.717) is 11.9 Å². The molecule has 0 spiro atoms. The Morgan fingerprint density at radius 2 is 2.11 bits per heavy atom. The molecule has 0 saturated carbocycles. The quantitative estimate of drug-likeness (QED) is 0.499. The fourth-order valence-corrected chi connectivity index (χ4v) is 2.38. The number of aliphatic hydroxyl groups excluding tert-OH is 1. The molecule has 0 amide bonds. The smallest absolute Gasteiger partial charge is 0.0439 e. The molecule has 0 aliphatic heterocycles. The van der Waals surface area contributed by atoms with E-state index in [-0.39, 0.29) is 0 Å². The van der Waals surface area contributed by atoms with E-state index in [1.165, 1.54) is 0 Å². The van der Waals surface area contributed by atoms with Crippen LogP contribution in [0.3, 0.4) is 0 Å². The maximum atomic E-state index is 8.41. The van der Waals surface area contributed by atoms with Gasteiger partial charge in [-0.15, -0.1) is 0 Å². The minimum atomic E-state index is 0.325. The van der Waals surface area contributed by atoms with E-state index >= 15 is 0 Å². The normalized spacial score (nSPS) is 10.7. The van der Waals surface area contributed by atoms with Gasteiger partial charge in [-0.05, 0) is 6.42 Å². The average Bonchev–Trinajstić information content (AvgIpc) is 1.80. The molecule has 56 valence electrons. The summed E-state index contributed by atoms with van der Waals surface area (Å²) in [6, 6.07) is 0. The molecule has 0 fully saturated rings. The molecule has 9 heavy (non-hydrogen) atoms. The highest BCUT2D eigenvalue weighted by molar-refractivity contribution is 8.76. The monoisotopic (exact) mass is 166 g/mol. The van der Waals surface area contributed by atoms with E-state index in [1.807, 2.05) is 21.6 Å². The van der Waals surface area contributed by atoms with Gasteiger partial charge in [0, 0.05) is 17.6 Å². The minimum Gasteiger partial charge on any atom is -0.396 e. The summed E-state index contributed by atoms with van der Waals surface area (Å²) >= 11 is 0. The number of hydrogen-bond acceptors (Lipinski definition) is 3. The second kappa shape index (κ2) is 6.78. The lowest BCUT2D eigenvalue weighted by Crippen LogP contribution is -1.86. The standard InChI is InChI=1S/C6H14OS2/c1-6(2)9-8-5-3-4-7/h6-7H,3-5H2,1-2H3. The Balaban J connectivity index is 2.75. The second-order valence-corrected chi connectivity index (χ2v) is 5.11. The van der Waals surface area contributed by atoms with E-state index in [4.69, 9.17) is 5.11 Å². The van der Waals surface area contributed by atoms with Crippen molar-refractivity contribution in [2.75, 3.05) is 12.4 Å². The predicted molar refractivity (Wildman–Crippen MR) is 46.9 cm³/mol. The molecular formula is C6H14OS2. The van der Waals surface area contributed by atoms with E-state index in [9.17, 15) is 0 Å². The molecule has 0 atom stereocenters. The van der Waals surface area contributed by atoms with Crippen LogP contribution in [-0.2, 0) is 0 Å². The highest BCUT2D eigenvalue weighted by atomic mass is 33.1. The summed E-state index contributed by atoms with van der Waals surface area (Å²) in [4.78, 5) is 0. The van der Waals surface area contributed by atoms with Crippen molar-refractivity contribution >= 4 is 21.6 Å². The van der Waals surface area contributed by atoms with Gasteiger partial charge in [0.2, 0.25) is 0 Å². The second-order valence-electron chi connectivity index (χ2n) is 2.04. The topological polar surface area (TPSA) is 20.2 Å². The number of hydrogen-bond donors (Lipinski definition) is 1. The summed E-state index contributed by atoms with van der Waals surface area (Å²) in [5.74, 6) is 1.07. The van der Waals surface area contributed by atoms with E-state index in [2.05, 4.69) is 13.8 Å². The van der Waals surface area contributed by atoms with Crippen LogP contribution in [0.1, 0.15) is 20.3 Å². The van der Waals surface area contributed by atoms with Crippen LogP contribution in [0.4, 0.5) is 0 Å². The molecule has 0 rings (SSSR count). The molecule has 1 N–H and O–H groups in total. The van der Waals surface area contributed by atoms with Crippen LogP contribution >= 0.6 is 21.6 Å². The Morgan fingerprint density at radius 3 is 2.56 bits per heavy atom. The van der Waals surface area contributed by atoms with Crippen molar-refractivity contribution in [2.45, 2.75) is 25.5 Å². The third-order valence-electron chi connectivity index (χ3n) is 0.646. The van der Waals surface area contributed by atoms with Crippen molar-refractivity contribution in [3.05, 3.63) is 0 Å². The summed E-state index contributed by atoms with van der Waals surface area (Å²) < 4.78 is 0. The lowest BCUT2D eigenvalue weighted by atomic mass is 10.5. The summed E-state index contributed by atoms with van der Waals surface area (Å²) in [5, 5.41) is 9.11. The zero-order valence-electron chi connectivity index (χ0n) is 5.96. The Morgan fingerprint density at radius 1 is 1.44 bits per heavy atom. The van der Waals surface area contributed by atoms with Gasteiger partial charge in [-0.2, -0.15) is 0 Å². The average molecular weight is 166 g/mol. The Hall–Kier alpha value is 0.660. The Kier molecular flexibility index (Phi) is 7.27. The van der Waals surface area contributed by atoms with Crippen LogP contribution in [0.25, 0.3) is 0 Å². The van der Waals surface area contributed by atoms with Gasteiger partial charge in [0.1, 0.15) is 0 Å². The number of aliphatic hydroxyl groups is 1. The van der Waals surface area contributed by atoms with Gasteiger partial charge < -0.3 is 5.11 Å². The van der Waals surface area contributed by atoms with Crippen molar-refractivity contribution in [3.8, 4) is 0 Å². The lowest BCUT2D eigenvalue weighted by Gasteiger charge is -2.01. The highest BCUT2D eigenvalue weighted by Gasteiger charge is 1.92. The van der Waals surface area contributed by atoms with Crippen LogP contribution in [-0.4, -0.2) is 22.7 Å². The van der Waals surface area contributed by atoms with Crippen LogP contribution in [0.5, 0.6) is 0 Å². The highest BCUT2D eigenvalue weighted by Crippen LogP contribution is 2.26. The summed E-state index contributed by atoms with van der Waals surface area (Å²) in [6.07, 6.45) is 0.921. The van der Waals surface area contributed by atoms with E-state index in [1.54, 1.807) is 0 Å². The molecular weight excluding hydrogens is 152 g/mol. The van der Waals surface area contributed by atoms with Crippen LogP contribution in [0.15, 0.2) is 0 Å².